The minimum absolute atomic E-state index is 0.617. The van der Waals surface area contributed by atoms with Gasteiger partial charge in [0.05, 0.1) is 0 Å². The molecule has 0 aliphatic heterocycles. The SMILES string of the molecule is CC(C)C(CCN)c1ccccc1. The lowest BCUT2D eigenvalue weighted by atomic mass is 9.86. The second kappa shape index (κ2) is 5.03. The highest BCUT2D eigenvalue weighted by Crippen LogP contribution is 2.26. The molecule has 0 bridgehead atoms. The minimum Gasteiger partial charge on any atom is -0.330 e. The Balaban J connectivity index is 2.76. The summed E-state index contributed by atoms with van der Waals surface area (Å²) in [4.78, 5) is 0. The van der Waals surface area contributed by atoms with Gasteiger partial charge < -0.3 is 5.73 Å². The highest BCUT2D eigenvalue weighted by atomic mass is 14.5. The molecule has 1 aromatic carbocycles. The third-order valence-corrected chi connectivity index (χ3v) is 2.51. The first-order chi connectivity index (χ1) is 6.25. The molecule has 2 N–H and O–H groups in total. The molecule has 13 heavy (non-hydrogen) atoms. The van der Waals surface area contributed by atoms with E-state index in [1.807, 2.05) is 0 Å². The molecular weight excluding hydrogens is 158 g/mol. The van der Waals surface area contributed by atoms with Crippen LogP contribution < -0.4 is 5.73 Å². The lowest BCUT2D eigenvalue weighted by Crippen LogP contribution is -2.12. The van der Waals surface area contributed by atoms with Crippen LogP contribution in [0.4, 0.5) is 0 Å². The summed E-state index contributed by atoms with van der Waals surface area (Å²) in [6.07, 6.45) is 1.08. The quantitative estimate of drug-likeness (QED) is 0.752. The lowest BCUT2D eigenvalue weighted by Gasteiger charge is -2.20. The highest BCUT2D eigenvalue weighted by molar-refractivity contribution is 5.19. The van der Waals surface area contributed by atoms with Crippen LogP contribution in [0.5, 0.6) is 0 Å². The molecule has 1 nitrogen and oxygen atoms in total. The predicted octanol–water partition coefficient (Wildman–Crippen LogP) is 2.78. The zero-order valence-corrected chi connectivity index (χ0v) is 8.53. The Hall–Kier alpha value is -0.820. The van der Waals surface area contributed by atoms with Gasteiger partial charge >= 0.3 is 0 Å². The molecule has 1 atom stereocenters. The Morgan fingerprint density at radius 1 is 1.15 bits per heavy atom. The van der Waals surface area contributed by atoms with E-state index in [4.69, 9.17) is 5.73 Å². The van der Waals surface area contributed by atoms with Gasteiger partial charge in [-0.15, -0.1) is 0 Å². The van der Waals surface area contributed by atoms with Gasteiger partial charge in [0.25, 0.3) is 0 Å². The summed E-state index contributed by atoms with van der Waals surface area (Å²) < 4.78 is 0. The molecule has 1 unspecified atom stereocenters. The smallest absolute Gasteiger partial charge is 0.00713 e. The molecule has 0 aliphatic carbocycles. The number of hydrogen-bond acceptors (Lipinski definition) is 1. The van der Waals surface area contributed by atoms with Crippen molar-refractivity contribution < 1.29 is 0 Å². The molecule has 0 saturated carbocycles. The number of nitrogens with two attached hydrogens (primary N) is 1. The summed E-state index contributed by atoms with van der Waals surface area (Å²) in [6, 6.07) is 10.6. The summed E-state index contributed by atoms with van der Waals surface area (Å²) in [5, 5.41) is 0. The molecule has 1 heteroatoms. The van der Waals surface area contributed by atoms with Gasteiger partial charge in [-0.25, -0.2) is 0 Å². The maximum absolute atomic E-state index is 5.60. The van der Waals surface area contributed by atoms with Gasteiger partial charge in [-0.1, -0.05) is 44.2 Å². The lowest BCUT2D eigenvalue weighted by molar-refractivity contribution is 0.473. The summed E-state index contributed by atoms with van der Waals surface area (Å²) in [7, 11) is 0. The van der Waals surface area contributed by atoms with Gasteiger partial charge in [0.2, 0.25) is 0 Å². The van der Waals surface area contributed by atoms with E-state index in [0.29, 0.717) is 11.8 Å². The summed E-state index contributed by atoms with van der Waals surface area (Å²) in [5.41, 5.74) is 7.02. The molecule has 0 saturated heterocycles. The summed E-state index contributed by atoms with van der Waals surface area (Å²) in [5.74, 6) is 1.29. The first-order valence-electron chi connectivity index (χ1n) is 5.00. The van der Waals surface area contributed by atoms with Crippen LogP contribution in [0.25, 0.3) is 0 Å². The van der Waals surface area contributed by atoms with Crippen LogP contribution in [0.3, 0.4) is 0 Å². The van der Waals surface area contributed by atoms with Crippen molar-refractivity contribution in [3.63, 3.8) is 0 Å². The fraction of sp³-hybridized carbons (Fsp3) is 0.500. The fourth-order valence-corrected chi connectivity index (χ4v) is 1.76. The van der Waals surface area contributed by atoms with Crippen molar-refractivity contribution in [1.82, 2.24) is 0 Å². The highest BCUT2D eigenvalue weighted by Gasteiger charge is 2.13. The zero-order chi connectivity index (χ0) is 9.68. The van der Waals surface area contributed by atoms with E-state index in [2.05, 4.69) is 44.2 Å². The number of hydrogen-bond donors (Lipinski definition) is 1. The summed E-state index contributed by atoms with van der Waals surface area (Å²) in [6.45, 7) is 5.29. The van der Waals surface area contributed by atoms with Crippen molar-refractivity contribution in [2.24, 2.45) is 11.7 Å². The van der Waals surface area contributed by atoms with Gasteiger partial charge in [-0.3, -0.25) is 0 Å². The van der Waals surface area contributed by atoms with Gasteiger partial charge in [0.1, 0.15) is 0 Å². The third kappa shape index (κ3) is 2.85. The Labute approximate surface area is 81.0 Å². The van der Waals surface area contributed by atoms with E-state index in [1.165, 1.54) is 5.56 Å². The van der Waals surface area contributed by atoms with Crippen molar-refractivity contribution >= 4 is 0 Å². The van der Waals surface area contributed by atoms with Crippen LogP contribution >= 0.6 is 0 Å². The van der Waals surface area contributed by atoms with Crippen LogP contribution in [-0.4, -0.2) is 6.54 Å². The van der Waals surface area contributed by atoms with Gasteiger partial charge in [-0.05, 0) is 30.4 Å². The van der Waals surface area contributed by atoms with E-state index in [0.717, 1.165) is 13.0 Å². The Morgan fingerprint density at radius 2 is 1.77 bits per heavy atom. The van der Waals surface area contributed by atoms with E-state index in [9.17, 15) is 0 Å². The summed E-state index contributed by atoms with van der Waals surface area (Å²) >= 11 is 0. The Morgan fingerprint density at radius 3 is 2.23 bits per heavy atom. The molecular formula is C12H19N. The van der Waals surface area contributed by atoms with Crippen molar-refractivity contribution in [1.29, 1.82) is 0 Å². The molecule has 0 aromatic heterocycles. The van der Waals surface area contributed by atoms with E-state index < -0.39 is 0 Å². The molecule has 0 spiro atoms. The van der Waals surface area contributed by atoms with Gasteiger partial charge in [0, 0.05) is 0 Å². The molecule has 0 aliphatic rings. The Kier molecular flexibility index (Phi) is 3.97. The molecule has 1 rings (SSSR count). The molecule has 0 fully saturated rings. The topological polar surface area (TPSA) is 26.0 Å². The fourth-order valence-electron chi connectivity index (χ4n) is 1.76. The standard InChI is InChI=1S/C12H19N/c1-10(2)12(8-9-13)11-6-4-3-5-7-11/h3-7,10,12H,8-9,13H2,1-2H3. The van der Waals surface area contributed by atoms with Gasteiger partial charge in [0.15, 0.2) is 0 Å². The molecule has 1 aromatic rings. The average Bonchev–Trinajstić information content (AvgIpc) is 2.15. The molecule has 0 amide bonds. The van der Waals surface area contributed by atoms with Crippen molar-refractivity contribution in [2.45, 2.75) is 26.2 Å². The first kappa shape index (κ1) is 10.3. The second-order valence-corrected chi connectivity index (χ2v) is 3.84. The maximum Gasteiger partial charge on any atom is -0.00713 e. The normalized spacial score (nSPS) is 13.2. The number of rotatable bonds is 4. The van der Waals surface area contributed by atoms with Crippen molar-refractivity contribution in [2.75, 3.05) is 6.54 Å². The monoisotopic (exact) mass is 177 g/mol. The van der Waals surface area contributed by atoms with Gasteiger partial charge in [-0.2, -0.15) is 0 Å². The van der Waals surface area contributed by atoms with Crippen LogP contribution in [0.1, 0.15) is 31.7 Å². The Bertz CT molecular complexity index is 228. The van der Waals surface area contributed by atoms with Crippen molar-refractivity contribution in [3.05, 3.63) is 35.9 Å². The molecule has 72 valence electrons. The van der Waals surface area contributed by atoms with Crippen LogP contribution in [0.15, 0.2) is 30.3 Å². The van der Waals surface area contributed by atoms with E-state index in [1.54, 1.807) is 0 Å². The molecule has 0 radical (unpaired) electrons. The van der Waals surface area contributed by atoms with Crippen LogP contribution in [0.2, 0.25) is 0 Å². The maximum atomic E-state index is 5.60. The largest absolute Gasteiger partial charge is 0.330 e. The molecule has 0 heterocycles. The second-order valence-electron chi connectivity index (χ2n) is 3.84. The van der Waals surface area contributed by atoms with Crippen LogP contribution in [0, 0.1) is 5.92 Å². The first-order valence-corrected chi connectivity index (χ1v) is 5.00. The third-order valence-electron chi connectivity index (χ3n) is 2.51. The predicted molar refractivity (Wildman–Crippen MR) is 57.7 cm³/mol. The number of benzene rings is 1. The average molecular weight is 177 g/mol. The van der Waals surface area contributed by atoms with Crippen LogP contribution in [-0.2, 0) is 0 Å². The zero-order valence-electron chi connectivity index (χ0n) is 8.53. The van der Waals surface area contributed by atoms with E-state index >= 15 is 0 Å². The van der Waals surface area contributed by atoms with Crippen molar-refractivity contribution in [3.8, 4) is 0 Å². The minimum atomic E-state index is 0.617. The van der Waals surface area contributed by atoms with E-state index in [-0.39, 0.29) is 0 Å².